The third-order valence-electron chi connectivity index (χ3n) is 3.74. The summed E-state index contributed by atoms with van der Waals surface area (Å²) in [4.78, 5) is 2.44. The first-order chi connectivity index (χ1) is 8.63. The Bertz CT molecular complexity index is 479. The molecular weight excluding hydrogens is 222 g/mol. The van der Waals surface area contributed by atoms with Crippen LogP contribution in [-0.4, -0.2) is 31.1 Å². The van der Waals surface area contributed by atoms with E-state index in [4.69, 9.17) is 12.2 Å². The van der Waals surface area contributed by atoms with Gasteiger partial charge in [-0.15, -0.1) is 6.42 Å². The smallest absolute Gasteiger partial charge is 0.0359 e. The lowest BCUT2D eigenvalue weighted by Crippen LogP contribution is -2.43. The van der Waals surface area contributed by atoms with Gasteiger partial charge >= 0.3 is 0 Å². The highest BCUT2D eigenvalue weighted by Gasteiger charge is 2.14. The molecule has 3 N–H and O–H groups in total. The van der Waals surface area contributed by atoms with Crippen molar-refractivity contribution < 1.29 is 0 Å². The van der Waals surface area contributed by atoms with E-state index in [1.165, 1.54) is 11.1 Å². The fourth-order valence-corrected chi connectivity index (χ4v) is 2.48. The number of nitrogens with zero attached hydrogens (tertiary/aromatic N) is 1. The molecule has 1 saturated heterocycles. The van der Waals surface area contributed by atoms with Crippen molar-refractivity contribution in [2.75, 3.05) is 31.9 Å². The molecule has 3 heteroatoms. The van der Waals surface area contributed by atoms with Crippen molar-refractivity contribution in [1.82, 2.24) is 10.2 Å². The second-order valence-corrected chi connectivity index (χ2v) is 4.92. The van der Waals surface area contributed by atoms with Gasteiger partial charge in [0.05, 0.1) is 0 Å². The first kappa shape index (κ1) is 12.9. The largest absolute Gasteiger partial charge is 0.398 e. The van der Waals surface area contributed by atoms with Crippen molar-refractivity contribution in [2.24, 2.45) is 0 Å². The molecule has 0 amide bonds. The molecular formula is C15H21N3. The summed E-state index contributed by atoms with van der Waals surface area (Å²) in [6.07, 6.45) is 5.59. The lowest BCUT2D eigenvalue weighted by molar-refractivity contribution is 0.233. The topological polar surface area (TPSA) is 41.3 Å². The maximum Gasteiger partial charge on any atom is 0.0359 e. The van der Waals surface area contributed by atoms with Gasteiger partial charge in [0.15, 0.2) is 0 Å². The van der Waals surface area contributed by atoms with Crippen molar-refractivity contribution in [3.63, 3.8) is 0 Å². The number of nitrogens with one attached hydrogen (secondary N) is 1. The Morgan fingerprint density at radius 1 is 1.33 bits per heavy atom. The molecule has 0 saturated carbocycles. The SMILES string of the molecule is C#Cc1c(C)c(N)cc(CN2CCNCC2)c1C. The molecule has 1 heterocycles. The monoisotopic (exact) mass is 243 g/mol. The van der Waals surface area contributed by atoms with Gasteiger partial charge in [-0.05, 0) is 36.6 Å². The molecule has 3 nitrogen and oxygen atoms in total. The van der Waals surface area contributed by atoms with Crippen LogP contribution in [-0.2, 0) is 6.54 Å². The third kappa shape index (κ3) is 2.50. The molecule has 1 aromatic rings. The average molecular weight is 243 g/mol. The highest BCUT2D eigenvalue weighted by Crippen LogP contribution is 2.24. The standard InChI is InChI=1S/C15H21N3/c1-4-14-11(2)13(9-15(16)12(14)3)10-18-7-5-17-6-8-18/h1,9,17H,5-8,10,16H2,2-3H3. The Morgan fingerprint density at radius 2 is 2.00 bits per heavy atom. The number of anilines is 1. The van der Waals surface area contributed by atoms with Crippen LogP contribution >= 0.6 is 0 Å². The highest BCUT2D eigenvalue weighted by atomic mass is 15.2. The summed E-state index contributed by atoms with van der Waals surface area (Å²) in [5.74, 6) is 2.77. The van der Waals surface area contributed by atoms with Crippen LogP contribution in [0, 0.1) is 26.2 Å². The molecule has 0 aromatic heterocycles. The fourth-order valence-electron chi connectivity index (χ4n) is 2.48. The van der Waals surface area contributed by atoms with Crippen molar-refractivity contribution in [3.8, 4) is 12.3 Å². The number of hydrogen-bond donors (Lipinski definition) is 2. The minimum absolute atomic E-state index is 0.804. The minimum Gasteiger partial charge on any atom is -0.398 e. The molecule has 0 radical (unpaired) electrons. The minimum atomic E-state index is 0.804. The molecule has 0 spiro atoms. The van der Waals surface area contributed by atoms with Crippen LogP contribution in [0.15, 0.2) is 6.07 Å². The molecule has 0 bridgehead atoms. The summed E-state index contributed by atoms with van der Waals surface area (Å²) in [5.41, 5.74) is 11.3. The number of terminal acetylenes is 1. The van der Waals surface area contributed by atoms with Crippen LogP contribution < -0.4 is 11.1 Å². The molecule has 1 aromatic carbocycles. The number of nitrogens with two attached hydrogens (primary N) is 1. The van der Waals surface area contributed by atoms with Crippen LogP contribution in [0.3, 0.4) is 0 Å². The quantitative estimate of drug-likeness (QED) is 0.607. The van der Waals surface area contributed by atoms with Crippen LogP contribution in [0.4, 0.5) is 5.69 Å². The van der Waals surface area contributed by atoms with E-state index in [0.717, 1.165) is 49.5 Å². The summed E-state index contributed by atoms with van der Waals surface area (Å²) in [5, 5.41) is 3.36. The predicted molar refractivity (Wildman–Crippen MR) is 76.4 cm³/mol. The number of piperazine rings is 1. The number of hydrogen-bond acceptors (Lipinski definition) is 3. The van der Waals surface area contributed by atoms with Gasteiger partial charge in [-0.3, -0.25) is 4.90 Å². The normalized spacial score (nSPS) is 16.5. The van der Waals surface area contributed by atoms with Gasteiger partial charge < -0.3 is 11.1 Å². The summed E-state index contributed by atoms with van der Waals surface area (Å²) < 4.78 is 0. The first-order valence-corrected chi connectivity index (χ1v) is 6.41. The Hall–Kier alpha value is -1.50. The van der Waals surface area contributed by atoms with E-state index in [2.05, 4.69) is 29.1 Å². The van der Waals surface area contributed by atoms with E-state index >= 15 is 0 Å². The van der Waals surface area contributed by atoms with Crippen LogP contribution in [0.1, 0.15) is 22.3 Å². The zero-order chi connectivity index (χ0) is 13.1. The molecule has 1 fully saturated rings. The van der Waals surface area contributed by atoms with Crippen LogP contribution in [0.2, 0.25) is 0 Å². The lowest BCUT2D eigenvalue weighted by Gasteiger charge is -2.28. The molecule has 0 aliphatic carbocycles. The number of rotatable bonds is 2. The van der Waals surface area contributed by atoms with Crippen molar-refractivity contribution in [3.05, 3.63) is 28.3 Å². The average Bonchev–Trinajstić information content (AvgIpc) is 2.38. The summed E-state index contributed by atoms with van der Waals surface area (Å²) in [7, 11) is 0. The van der Waals surface area contributed by atoms with Gasteiger partial charge in [0.1, 0.15) is 0 Å². The highest BCUT2D eigenvalue weighted by molar-refractivity contribution is 5.61. The van der Waals surface area contributed by atoms with Gasteiger partial charge in [0.2, 0.25) is 0 Å². The summed E-state index contributed by atoms with van der Waals surface area (Å²) in [6.45, 7) is 9.31. The third-order valence-corrected chi connectivity index (χ3v) is 3.74. The van der Waals surface area contributed by atoms with Gasteiger partial charge in [-0.25, -0.2) is 0 Å². The van der Waals surface area contributed by atoms with Crippen molar-refractivity contribution >= 4 is 5.69 Å². The van der Waals surface area contributed by atoms with E-state index in [1.54, 1.807) is 0 Å². The maximum absolute atomic E-state index is 6.04. The molecule has 96 valence electrons. The summed E-state index contributed by atoms with van der Waals surface area (Å²) >= 11 is 0. The molecule has 1 aliphatic rings. The van der Waals surface area contributed by atoms with E-state index in [-0.39, 0.29) is 0 Å². The number of nitrogen functional groups attached to an aromatic ring is 1. The number of benzene rings is 1. The van der Waals surface area contributed by atoms with E-state index in [9.17, 15) is 0 Å². The molecule has 0 atom stereocenters. The van der Waals surface area contributed by atoms with Crippen molar-refractivity contribution in [2.45, 2.75) is 20.4 Å². The maximum atomic E-state index is 6.04. The Morgan fingerprint density at radius 3 is 2.61 bits per heavy atom. The van der Waals surface area contributed by atoms with E-state index < -0.39 is 0 Å². The Labute approximate surface area is 109 Å². The zero-order valence-corrected chi connectivity index (χ0v) is 11.2. The Balaban J connectivity index is 2.28. The first-order valence-electron chi connectivity index (χ1n) is 6.41. The van der Waals surface area contributed by atoms with Gasteiger partial charge in [-0.1, -0.05) is 5.92 Å². The van der Waals surface area contributed by atoms with E-state index in [0.29, 0.717) is 0 Å². The predicted octanol–water partition coefficient (Wildman–Crippen LogP) is 1.27. The van der Waals surface area contributed by atoms with Gasteiger partial charge in [0, 0.05) is 44.0 Å². The fraction of sp³-hybridized carbons (Fsp3) is 0.467. The van der Waals surface area contributed by atoms with Gasteiger partial charge in [0.25, 0.3) is 0 Å². The second kappa shape index (κ2) is 5.43. The van der Waals surface area contributed by atoms with E-state index in [1.807, 2.05) is 6.92 Å². The molecule has 18 heavy (non-hydrogen) atoms. The summed E-state index contributed by atoms with van der Waals surface area (Å²) in [6, 6.07) is 2.08. The zero-order valence-electron chi connectivity index (χ0n) is 11.2. The molecule has 1 aliphatic heterocycles. The van der Waals surface area contributed by atoms with Gasteiger partial charge in [-0.2, -0.15) is 0 Å². The Kier molecular flexibility index (Phi) is 3.90. The second-order valence-electron chi connectivity index (χ2n) is 4.92. The van der Waals surface area contributed by atoms with Crippen LogP contribution in [0.25, 0.3) is 0 Å². The lowest BCUT2D eigenvalue weighted by atomic mass is 9.96. The van der Waals surface area contributed by atoms with Crippen molar-refractivity contribution in [1.29, 1.82) is 0 Å². The molecule has 0 unspecified atom stereocenters. The molecule has 2 rings (SSSR count). The van der Waals surface area contributed by atoms with Crippen LogP contribution in [0.5, 0.6) is 0 Å².